The lowest BCUT2D eigenvalue weighted by molar-refractivity contribution is -0.116. The van der Waals surface area contributed by atoms with Crippen LogP contribution in [0.2, 0.25) is 5.02 Å². The number of hydrogen-bond donors (Lipinski definition) is 2. The second kappa shape index (κ2) is 4.66. The molecule has 3 N–H and O–H groups in total. The number of aryl methyl sites for hydroxylation is 1. The van der Waals surface area contributed by atoms with Gasteiger partial charge >= 0.3 is 0 Å². The molecule has 0 aliphatic heterocycles. The van der Waals surface area contributed by atoms with Crippen LogP contribution in [0.15, 0.2) is 16.6 Å². The molecule has 0 aromatic heterocycles. The van der Waals surface area contributed by atoms with Gasteiger partial charge < -0.3 is 11.1 Å². The van der Waals surface area contributed by atoms with Crippen molar-refractivity contribution >= 4 is 39.1 Å². The number of benzene rings is 1. The van der Waals surface area contributed by atoms with Crippen molar-refractivity contribution in [1.29, 1.82) is 0 Å². The average Bonchev–Trinajstić information content (AvgIpc) is 2.09. The van der Waals surface area contributed by atoms with Crippen LogP contribution >= 0.6 is 27.5 Å². The van der Waals surface area contributed by atoms with Crippen molar-refractivity contribution in [3.63, 3.8) is 0 Å². The van der Waals surface area contributed by atoms with Crippen molar-refractivity contribution in [2.75, 3.05) is 11.9 Å². The summed E-state index contributed by atoms with van der Waals surface area (Å²) >= 11 is 9.28. The molecule has 0 spiro atoms. The van der Waals surface area contributed by atoms with Gasteiger partial charge in [0.25, 0.3) is 0 Å². The van der Waals surface area contributed by atoms with E-state index in [2.05, 4.69) is 21.2 Å². The summed E-state index contributed by atoms with van der Waals surface area (Å²) in [4.78, 5) is 10.5. The smallest absolute Gasteiger partial charge is 0.236 e. The minimum atomic E-state index is -0.409. The Labute approximate surface area is 95.7 Å². The topological polar surface area (TPSA) is 55.1 Å². The van der Waals surface area contributed by atoms with E-state index in [-0.39, 0.29) is 6.54 Å². The number of primary amides is 1. The molecule has 0 unspecified atom stereocenters. The molecule has 0 fully saturated rings. The first-order chi connectivity index (χ1) is 6.50. The molecule has 1 rings (SSSR count). The fraction of sp³-hybridized carbons (Fsp3) is 0.222. The Bertz CT molecular complexity index is 368. The third-order valence-electron chi connectivity index (χ3n) is 1.70. The number of carbonyl (C=O) groups excluding carboxylic acids is 1. The maximum absolute atomic E-state index is 10.5. The van der Waals surface area contributed by atoms with Crippen LogP contribution in [0, 0.1) is 6.92 Å². The maximum atomic E-state index is 10.5. The average molecular weight is 278 g/mol. The van der Waals surface area contributed by atoms with Crippen LogP contribution in [0.3, 0.4) is 0 Å². The molecule has 5 heteroatoms. The first kappa shape index (κ1) is 11.3. The third kappa shape index (κ3) is 2.89. The second-order valence-corrected chi connectivity index (χ2v) is 4.16. The van der Waals surface area contributed by atoms with E-state index in [9.17, 15) is 4.79 Å². The van der Waals surface area contributed by atoms with Crippen LogP contribution in [0.1, 0.15) is 5.56 Å². The zero-order valence-corrected chi connectivity index (χ0v) is 9.95. The van der Waals surface area contributed by atoms with Gasteiger partial charge in [-0.25, -0.2) is 0 Å². The normalized spacial score (nSPS) is 9.93. The molecule has 0 aliphatic carbocycles. The van der Waals surface area contributed by atoms with Gasteiger partial charge in [-0.15, -0.1) is 0 Å². The first-order valence-corrected chi connectivity index (χ1v) is 5.15. The van der Waals surface area contributed by atoms with E-state index in [0.29, 0.717) is 5.02 Å². The third-order valence-corrected chi connectivity index (χ3v) is 2.76. The predicted molar refractivity (Wildman–Crippen MR) is 61.6 cm³/mol. The Hall–Kier alpha value is -0.740. The summed E-state index contributed by atoms with van der Waals surface area (Å²) in [6.45, 7) is 2.00. The van der Waals surface area contributed by atoms with Gasteiger partial charge in [0, 0.05) is 9.50 Å². The molecule has 3 nitrogen and oxygen atoms in total. The zero-order valence-electron chi connectivity index (χ0n) is 7.60. The van der Waals surface area contributed by atoms with Crippen LogP contribution in [0.5, 0.6) is 0 Å². The number of carbonyl (C=O) groups is 1. The number of nitrogens with one attached hydrogen (secondary N) is 1. The molecule has 0 bridgehead atoms. The monoisotopic (exact) mass is 276 g/mol. The molecular formula is C9H10BrClN2O. The first-order valence-electron chi connectivity index (χ1n) is 3.98. The summed E-state index contributed by atoms with van der Waals surface area (Å²) in [5.74, 6) is -0.409. The summed E-state index contributed by atoms with van der Waals surface area (Å²) in [7, 11) is 0. The molecular weight excluding hydrogens is 267 g/mol. The molecule has 0 aliphatic rings. The quantitative estimate of drug-likeness (QED) is 0.891. The Morgan fingerprint density at radius 3 is 2.86 bits per heavy atom. The van der Waals surface area contributed by atoms with Gasteiger partial charge in [0.1, 0.15) is 0 Å². The number of rotatable bonds is 3. The lowest BCUT2D eigenvalue weighted by Crippen LogP contribution is -2.21. The van der Waals surface area contributed by atoms with Gasteiger partial charge in [-0.3, -0.25) is 4.79 Å². The van der Waals surface area contributed by atoms with E-state index in [0.717, 1.165) is 15.7 Å². The van der Waals surface area contributed by atoms with Gasteiger partial charge in [0.05, 0.1) is 12.2 Å². The summed E-state index contributed by atoms with van der Waals surface area (Å²) in [6, 6.07) is 3.63. The van der Waals surface area contributed by atoms with Crippen molar-refractivity contribution in [1.82, 2.24) is 0 Å². The van der Waals surface area contributed by atoms with Crippen LogP contribution in [-0.4, -0.2) is 12.5 Å². The highest BCUT2D eigenvalue weighted by molar-refractivity contribution is 9.10. The van der Waals surface area contributed by atoms with Crippen molar-refractivity contribution in [2.45, 2.75) is 6.92 Å². The lowest BCUT2D eigenvalue weighted by atomic mass is 10.2. The minimum Gasteiger partial charge on any atom is -0.375 e. The van der Waals surface area contributed by atoms with Crippen molar-refractivity contribution in [3.8, 4) is 0 Å². The standard InChI is InChI=1S/C9H10BrClN2O/c1-5-2-6(10)8(3-7(5)11)13-4-9(12)14/h2-3,13H,4H2,1H3,(H2,12,14). The Kier molecular flexibility index (Phi) is 3.77. The van der Waals surface area contributed by atoms with Gasteiger partial charge in [-0.2, -0.15) is 0 Å². The Morgan fingerprint density at radius 1 is 1.64 bits per heavy atom. The second-order valence-electron chi connectivity index (χ2n) is 2.90. The summed E-state index contributed by atoms with van der Waals surface area (Å²) in [6.07, 6.45) is 0. The Balaban J connectivity index is 2.87. The van der Waals surface area contributed by atoms with E-state index in [1.54, 1.807) is 6.07 Å². The highest BCUT2D eigenvalue weighted by Gasteiger charge is 2.04. The summed E-state index contributed by atoms with van der Waals surface area (Å²) in [5.41, 5.74) is 6.75. The molecule has 0 radical (unpaired) electrons. The largest absolute Gasteiger partial charge is 0.375 e. The fourth-order valence-electron chi connectivity index (χ4n) is 0.964. The zero-order chi connectivity index (χ0) is 10.7. The Morgan fingerprint density at radius 2 is 2.29 bits per heavy atom. The van der Waals surface area contributed by atoms with Crippen molar-refractivity contribution in [3.05, 3.63) is 27.2 Å². The summed E-state index contributed by atoms with van der Waals surface area (Å²) in [5, 5.41) is 3.53. The molecule has 14 heavy (non-hydrogen) atoms. The van der Waals surface area contributed by atoms with E-state index >= 15 is 0 Å². The molecule has 0 heterocycles. The maximum Gasteiger partial charge on any atom is 0.236 e. The molecule has 1 amide bonds. The van der Waals surface area contributed by atoms with Crippen LogP contribution in [-0.2, 0) is 4.79 Å². The number of hydrogen-bond acceptors (Lipinski definition) is 2. The molecule has 0 atom stereocenters. The molecule has 1 aromatic rings. The van der Waals surface area contributed by atoms with E-state index in [1.807, 2.05) is 13.0 Å². The number of halogens is 2. The summed E-state index contributed by atoms with van der Waals surface area (Å²) < 4.78 is 0.862. The number of nitrogens with two attached hydrogens (primary N) is 1. The minimum absolute atomic E-state index is 0.0952. The molecule has 1 aromatic carbocycles. The molecule has 0 saturated carbocycles. The number of anilines is 1. The van der Waals surface area contributed by atoms with Gasteiger partial charge in [0.2, 0.25) is 5.91 Å². The molecule has 0 saturated heterocycles. The van der Waals surface area contributed by atoms with E-state index in [4.69, 9.17) is 17.3 Å². The fourth-order valence-corrected chi connectivity index (χ4v) is 1.73. The van der Waals surface area contributed by atoms with E-state index in [1.165, 1.54) is 0 Å². The van der Waals surface area contributed by atoms with Crippen LogP contribution in [0.4, 0.5) is 5.69 Å². The van der Waals surface area contributed by atoms with Gasteiger partial charge in [-0.05, 0) is 40.5 Å². The highest BCUT2D eigenvalue weighted by atomic mass is 79.9. The predicted octanol–water partition coefficient (Wildman–Crippen LogP) is 2.31. The van der Waals surface area contributed by atoms with Crippen molar-refractivity contribution in [2.24, 2.45) is 5.73 Å². The van der Waals surface area contributed by atoms with Gasteiger partial charge in [0.15, 0.2) is 0 Å². The highest BCUT2D eigenvalue weighted by Crippen LogP contribution is 2.28. The van der Waals surface area contributed by atoms with Crippen LogP contribution < -0.4 is 11.1 Å². The van der Waals surface area contributed by atoms with E-state index < -0.39 is 5.91 Å². The van der Waals surface area contributed by atoms with Crippen LogP contribution in [0.25, 0.3) is 0 Å². The SMILES string of the molecule is Cc1cc(Br)c(NCC(N)=O)cc1Cl. The lowest BCUT2D eigenvalue weighted by Gasteiger charge is -2.08. The van der Waals surface area contributed by atoms with Crippen molar-refractivity contribution < 1.29 is 4.79 Å². The van der Waals surface area contributed by atoms with Gasteiger partial charge in [-0.1, -0.05) is 11.6 Å². The molecule has 76 valence electrons. The number of amides is 1.